The summed E-state index contributed by atoms with van der Waals surface area (Å²) in [5.41, 5.74) is 1.02. The van der Waals surface area contributed by atoms with Gasteiger partial charge in [-0.1, -0.05) is 12.1 Å². The molecule has 3 heteroatoms. The molecule has 15 heavy (non-hydrogen) atoms. The van der Waals surface area contributed by atoms with Crippen LogP contribution in [0.1, 0.15) is 17.9 Å². The number of halogens is 1. The first kappa shape index (κ1) is 10.6. The maximum absolute atomic E-state index is 13.1. The first-order chi connectivity index (χ1) is 7.31. The quantitative estimate of drug-likeness (QED) is 0.803. The Bertz CT molecular complexity index is 329. The lowest BCUT2D eigenvalue weighted by Crippen LogP contribution is -2.39. The molecule has 2 nitrogen and oxygen atoms in total. The van der Waals surface area contributed by atoms with Crippen LogP contribution >= 0.6 is 0 Å². The van der Waals surface area contributed by atoms with Crippen molar-refractivity contribution in [2.75, 3.05) is 20.2 Å². The molecule has 1 aromatic rings. The van der Waals surface area contributed by atoms with Gasteiger partial charge in [0.1, 0.15) is 5.82 Å². The SMILES string of the molecule is COC1CCNCC1c1cccc(F)c1. The van der Waals surface area contributed by atoms with Crippen LogP contribution < -0.4 is 5.32 Å². The molecule has 0 radical (unpaired) electrons. The van der Waals surface area contributed by atoms with E-state index in [0.717, 1.165) is 25.1 Å². The Labute approximate surface area is 89.4 Å². The lowest BCUT2D eigenvalue weighted by atomic mass is 9.89. The van der Waals surface area contributed by atoms with E-state index in [9.17, 15) is 4.39 Å². The van der Waals surface area contributed by atoms with Crippen LogP contribution in [0.15, 0.2) is 24.3 Å². The monoisotopic (exact) mass is 209 g/mol. The predicted octanol–water partition coefficient (Wildman–Crippen LogP) is 1.92. The lowest BCUT2D eigenvalue weighted by Gasteiger charge is -2.31. The van der Waals surface area contributed by atoms with E-state index in [-0.39, 0.29) is 17.8 Å². The zero-order valence-corrected chi connectivity index (χ0v) is 8.87. The molecule has 1 N–H and O–H groups in total. The molecule has 2 atom stereocenters. The van der Waals surface area contributed by atoms with Crippen LogP contribution in [0, 0.1) is 5.82 Å². The van der Waals surface area contributed by atoms with Gasteiger partial charge in [-0.3, -0.25) is 0 Å². The fourth-order valence-electron chi connectivity index (χ4n) is 2.19. The van der Waals surface area contributed by atoms with Crippen LogP contribution in [0.2, 0.25) is 0 Å². The number of piperidine rings is 1. The zero-order valence-electron chi connectivity index (χ0n) is 8.87. The molecule has 1 aliphatic heterocycles. The highest BCUT2D eigenvalue weighted by Crippen LogP contribution is 2.26. The molecule has 0 aromatic heterocycles. The van der Waals surface area contributed by atoms with E-state index in [4.69, 9.17) is 4.74 Å². The Hall–Kier alpha value is -0.930. The van der Waals surface area contributed by atoms with Gasteiger partial charge in [-0.15, -0.1) is 0 Å². The molecule has 0 bridgehead atoms. The topological polar surface area (TPSA) is 21.3 Å². The summed E-state index contributed by atoms with van der Waals surface area (Å²) in [6, 6.07) is 6.80. The highest BCUT2D eigenvalue weighted by atomic mass is 19.1. The molecule has 0 aliphatic carbocycles. The fraction of sp³-hybridized carbons (Fsp3) is 0.500. The van der Waals surface area contributed by atoms with Crippen molar-refractivity contribution in [2.45, 2.75) is 18.4 Å². The maximum Gasteiger partial charge on any atom is 0.123 e. The number of methoxy groups -OCH3 is 1. The molecular weight excluding hydrogens is 193 g/mol. The number of ether oxygens (including phenoxy) is 1. The third-order valence-corrected chi connectivity index (χ3v) is 3.00. The minimum atomic E-state index is -0.173. The Balaban J connectivity index is 2.20. The summed E-state index contributed by atoms with van der Waals surface area (Å²) in [6.45, 7) is 1.84. The number of benzene rings is 1. The average molecular weight is 209 g/mol. The van der Waals surface area contributed by atoms with E-state index in [1.165, 1.54) is 6.07 Å². The van der Waals surface area contributed by atoms with E-state index >= 15 is 0 Å². The zero-order chi connectivity index (χ0) is 10.7. The van der Waals surface area contributed by atoms with Gasteiger partial charge in [-0.2, -0.15) is 0 Å². The summed E-state index contributed by atoms with van der Waals surface area (Å²) in [6.07, 6.45) is 1.19. The van der Waals surface area contributed by atoms with Gasteiger partial charge in [-0.25, -0.2) is 4.39 Å². The largest absolute Gasteiger partial charge is 0.381 e. The molecule has 1 aliphatic rings. The lowest BCUT2D eigenvalue weighted by molar-refractivity contribution is 0.0585. The third-order valence-electron chi connectivity index (χ3n) is 3.00. The fourth-order valence-corrected chi connectivity index (χ4v) is 2.19. The summed E-state index contributed by atoms with van der Waals surface area (Å²) >= 11 is 0. The van der Waals surface area contributed by atoms with Crippen LogP contribution in [0.4, 0.5) is 4.39 Å². The van der Waals surface area contributed by atoms with Gasteiger partial charge in [0.05, 0.1) is 6.10 Å². The minimum absolute atomic E-state index is 0.173. The van der Waals surface area contributed by atoms with Gasteiger partial charge >= 0.3 is 0 Å². The van der Waals surface area contributed by atoms with Crippen LogP contribution in [0.3, 0.4) is 0 Å². The third kappa shape index (κ3) is 2.36. The maximum atomic E-state index is 13.1. The summed E-state index contributed by atoms with van der Waals surface area (Å²) in [5.74, 6) is 0.0902. The minimum Gasteiger partial charge on any atom is -0.381 e. The van der Waals surface area contributed by atoms with Gasteiger partial charge in [0, 0.05) is 19.6 Å². The second-order valence-corrected chi connectivity index (χ2v) is 3.93. The van der Waals surface area contributed by atoms with Crippen molar-refractivity contribution in [2.24, 2.45) is 0 Å². The van der Waals surface area contributed by atoms with E-state index in [1.807, 2.05) is 6.07 Å². The number of nitrogens with one attached hydrogen (secondary N) is 1. The van der Waals surface area contributed by atoms with Crippen molar-refractivity contribution in [3.05, 3.63) is 35.6 Å². The molecule has 1 aromatic carbocycles. The van der Waals surface area contributed by atoms with Gasteiger partial charge in [0.15, 0.2) is 0 Å². The molecular formula is C12H16FNO. The van der Waals surface area contributed by atoms with E-state index in [0.29, 0.717) is 0 Å². The van der Waals surface area contributed by atoms with Gasteiger partial charge in [-0.05, 0) is 30.7 Å². The summed E-state index contributed by atoms with van der Waals surface area (Å²) < 4.78 is 18.5. The second kappa shape index (κ2) is 4.73. The molecule has 0 spiro atoms. The van der Waals surface area contributed by atoms with Crippen molar-refractivity contribution in [1.29, 1.82) is 0 Å². The molecule has 2 rings (SSSR count). The first-order valence-corrected chi connectivity index (χ1v) is 5.30. The van der Waals surface area contributed by atoms with E-state index < -0.39 is 0 Å². The Kier molecular flexibility index (Phi) is 3.34. The van der Waals surface area contributed by atoms with E-state index in [1.54, 1.807) is 19.2 Å². The molecule has 1 saturated heterocycles. The van der Waals surface area contributed by atoms with Crippen molar-refractivity contribution >= 4 is 0 Å². The van der Waals surface area contributed by atoms with Crippen LogP contribution in [-0.4, -0.2) is 26.3 Å². The number of hydrogen-bond donors (Lipinski definition) is 1. The molecule has 2 unspecified atom stereocenters. The Morgan fingerprint density at radius 2 is 2.33 bits per heavy atom. The smallest absolute Gasteiger partial charge is 0.123 e. The van der Waals surface area contributed by atoms with Crippen molar-refractivity contribution in [1.82, 2.24) is 5.32 Å². The van der Waals surface area contributed by atoms with Crippen LogP contribution in [0.5, 0.6) is 0 Å². The molecule has 0 saturated carbocycles. The highest BCUT2D eigenvalue weighted by Gasteiger charge is 2.26. The Morgan fingerprint density at radius 1 is 1.47 bits per heavy atom. The average Bonchev–Trinajstić information content (AvgIpc) is 2.29. The second-order valence-electron chi connectivity index (χ2n) is 3.93. The summed E-state index contributed by atoms with van der Waals surface area (Å²) in [7, 11) is 1.72. The standard InChI is InChI=1S/C12H16FNO/c1-15-12-5-6-14-8-11(12)9-3-2-4-10(13)7-9/h2-4,7,11-12,14H,5-6,8H2,1H3. The van der Waals surface area contributed by atoms with Crippen molar-refractivity contribution < 1.29 is 9.13 Å². The predicted molar refractivity (Wildman–Crippen MR) is 57.4 cm³/mol. The molecule has 1 heterocycles. The first-order valence-electron chi connectivity index (χ1n) is 5.30. The summed E-state index contributed by atoms with van der Waals surface area (Å²) in [4.78, 5) is 0. The van der Waals surface area contributed by atoms with Crippen molar-refractivity contribution in [3.63, 3.8) is 0 Å². The molecule has 82 valence electrons. The highest BCUT2D eigenvalue weighted by molar-refractivity contribution is 5.23. The molecule has 1 fully saturated rings. The number of hydrogen-bond acceptors (Lipinski definition) is 2. The Morgan fingerprint density at radius 3 is 3.07 bits per heavy atom. The molecule has 0 amide bonds. The number of rotatable bonds is 2. The van der Waals surface area contributed by atoms with Gasteiger partial charge < -0.3 is 10.1 Å². The normalized spacial score (nSPS) is 26.5. The van der Waals surface area contributed by atoms with Crippen LogP contribution in [0.25, 0.3) is 0 Å². The van der Waals surface area contributed by atoms with Gasteiger partial charge in [0.2, 0.25) is 0 Å². The van der Waals surface area contributed by atoms with E-state index in [2.05, 4.69) is 5.32 Å². The van der Waals surface area contributed by atoms with Crippen molar-refractivity contribution in [3.8, 4) is 0 Å². The van der Waals surface area contributed by atoms with Gasteiger partial charge in [0.25, 0.3) is 0 Å². The van der Waals surface area contributed by atoms with Crippen LogP contribution in [-0.2, 0) is 4.74 Å². The summed E-state index contributed by atoms with van der Waals surface area (Å²) in [5, 5.41) is 3.31.